The van der Waals surface area contributed by atoms with Crippen LogP contribution < -0.4 is 5.32 Å². The maximum absolute atomic E-state index is 6.12. The van der Waals surface area contributed by atoms with Gasteiger partial charge in [-0.2, -0.15) is 0 Å². The van der Waals surface area contributed by atoms with Crippen LogP contribution in [0, 0.1) is 6.92 Å². The second-order valence-corrected chi connectivity index (χ2v) is 5.21. The molecule has 90 valence electrons. The summed E-state index contributed by atoms with van der Waals surface area (Å²) < 4.78 is 6.11. The van der Waals surface area contributed by atoms with E-state index in [-0.39, 0.29) is 0 Å². The van der Waals surface area contributed by atoms with Gasteiger partial charge in [0, 0.05) is 4.47 Å². The van der Waals surface area contributed by atoms with Crippen LogP contribution in [0.4, 0.5) is 5.69 Å². The van der Waals surface area contributed by atoms with Crippen LogP contribution >= 0.6 is 39.1 Å². The molecule has 2 aromatic rings. The van der Waals surface area contributed by atoms with Crippen molar-refractivity contribution >= 4 is 44.8 Å². The Morgan fingerprint density at radius 3 is 2.65 bits per heavy atom. The zero-order chi connectivity index (χ0) is 12.4. The van der Waals surface area contributed by atoms with E-state index >= 15 is 0 Å². The van der Waals surface area contributed by atoms with E-state index in [1.807, 2.05) is 25.1 Å². The first-order valence-electron chi connectivity index (χ1n) is 5.00. The van der Waals surface area contributed by atoms with Crippen molar-refractivity contribution in [2.75, 3.05) is 5.32 Å². The Kier molecular flexibility index (Phi) is 4.02. The van der Waals surface area contributed by atoms with E-state index in [0.717, 1.165) is 21.5 Å². The van der Waals surface area contributed by atoms with Gasteiger partial charge in [0.1, 0.15) is 5.76 Å². The van der Waals surface area contributed by atoms with Crippen molar-refractivity contribution in [1.82, 2.24) is 0 Å². The number of benzene rings is 1. The Hall–Kier alpha value is -0.640. The highest BCUT2D eigenvalue weighted by Gasteiger charge is 2.09. The van der Waals surface area contributed by atoms with Crippen LogP contribution in [-0.2, 0) is 6.54 Å². The van der Waals surface area contributed by atoms with E-state index in [1.165, 1.54) is 0 Å². The van der Waals surface area contributed by atoms with E-state index in [9.17, 15) is 0 Å². The van der Waals surface area contributed by atoms with Crippen molar-refractivity contribution in [3.05, 3.63) is 50.3 Å². The van der Waals surface area contributed by atoms with E-state index in [1.54, 1.807) is 6.26 Å². The molecule has 0 unspecified atom stereocenters. The largest absolute Gasteiger partial charge is 0.467 e. The Morgan fingerprint density at radius 1 is 1.24 bits per heavy atom. The smallest absolute Gasteiger partial charge is 0.125 e. The molecule has 1 N–H and O–H groups in total. The highest BCUT2D eigenvalue weighted by atomic mass is 79.9. The molecule has 0 radical (unpaired) electrons. The van der Waals surface area contributed by atoms with E-state index < -0.39 is 0 Å². The molecule has 0 spiro atoms. The Labute approximate surface area is 118 Å². The quantitative estimate of drug-likeness (QED) is 0.773. The normalized spacial score (nSPS) is 10.6. The van der Waals surface area contributed by atoms with Crippen molar-refractivity contribution in [1.29, 1.82) is 0 Å². The molecule has 2 nitrogen and oxygen atoms in total. The monoisotopic (exact) mass is 333 g/mol. The number of aryl methyl sites for hydroxylation is 1. The lowest BCUT2D eigenvalue weighted by atomic mass is 10.2. The van der Waals surface area contributed by atoms with Crippen LogP contribution in [0.1, 0.15) is 11.3 Å². The zero-order valence-electron chi connectivity index (χ0n) is 9.06. The number of furan rings is 1. The minimum Gasteiger partial charge on any atom is -0.467 e. The zero-order valence-corrected chi connectivity index (χ0v) is 12.2. The van der Waals surface area contributed by atoms with Crippen LogP contribution in [0.25, 0.3) is 0 Å². The molecule has 0 fully saturated rings. The van der Waals surface area contributed by atoms with Gasteiger partial charge in [-0.3, -0.25) is 0 Å². The molecule has 0 aliphatic carbocycles. The minimum absolute atomic E-state index is 0.505. The molecule has 0 amide bonds. The van der Waals surface area contributed by atoms with Crippen molar-refractivity contribution < 1.29 is 4.42 Å². The van der Waals surface area contributed by atoms with E-state index in [0.29, 0.717) is 16.6 Å². The number of hydrogen-bond acceptors (Lipinski definition) is 2. The lowest BCUT2D eigenvalue weighted by Crippen LogP contribution is -2.00. The SMILES string of the molecule is Cc1ccoc1CNc1ccc(Br)c(Cl)c1Cl. The topological polar surface area (TPSA) is 25.2 Å². The molecule has 5 heteroatoms. The highest BCUT2D eigenvalue weighted by Crippen LogP contribution is 2.36. The predicted octanol–water partition coefficient (Wildman–Crippen LogP) is 5.27. The third kappa shape index (κ3) is 2.79. The highest BCUT2D eigenvalue weighted by molar-refractivity contribution is 9.10. The molecular weight excluding hydrogens is 325 g/mol. The molecular formula is C12H10BrCl2NO. The van der Waals surface area contributed by atoms with Gasteiger partial charge in [0.15, 0.2) is 0 Å². The Bertz CT molecular complexity index is 539. The van der Waals surface area contributed by atoms with Gasteiger partial charge in [-0.25, -0.2) is 0 Å². The van der Waals surface area contributed by atoms with Gasteiger partial charge < -0.3 is 9.73 Å². The first kappa shape index (κ1) is 12.8. The third-order valence-corrected chi connectivity index (χ3v) is 4.21. The first-order chi connectivity index (χ1) is 8.09. The van der Waals surface area contributed by atoms with Crippen LogP contribution in [0.3, 0.4) is 0 Å². The fourth-order valence-corrected chi connectivity index (χ4v) is 2.26. The third-order valence-electron chi connectivity index (χ3n) is 2.44. The van der Waals surface area contributed by atoms with Gasteiger partial charge in [0.25, 0.3) is 0 Å². The molecule has 17 heavy (non-hydrogen) atoms. The van der Waals surface area contributed by atoms with Gasteiger partial charge in [0.05, 0.1) is 28.5 Å². The van der Waals surface area contributed by atoms with Gasteiger partial charge in [0.2, 0.25) is 0 Å². The number of rotatable bonds is 3. The fraction of sp³-hybridized carbons (Fsp3) is 0.167. The summed E-state index contributed by atoms with van der Waals surface area (Å²) in [5, 5.41) is 4.21. The summed E-state index contributed by atoms with van der Waals surface area (Å²) in [5.74, 6) is 0.889. The maximum atomic E-state index is 6.12. The number of halogens is 3. The summed E-state index contributed by atoms with van der Waals surface area (Å²) in [5.41, 5.74) is 1.90. The number of nitrogens with one attached hydrogen (secondary N) is 1. The summed E-state index contributed by atoms with van der Waals surface area (Å²) in [4.78, 5) is 0. The van der Waals surface area contributed by atoms with Gasteiger partial charge in [-0.15, -0.1) is 0 Å². The summed E-state index contributed by atoms with van der Waals surface area (Å²) >= 11 is 15.5. The van der Waals surface area contributed by atoms with Crippen molar-refractivity contribution in [3.63, 3.8) is 0 Å². The van der Waals surface area contributed by atoms with Gasteiger partial charge in [-0.1, -0.05) is 23.2 Å². The summed E-state index contributed by atoms with van der Waals surface area (Å²) in [6.45, 7) is 2.58. The van der Waals surface area contributed by atoms with Crippen LogP contribution in [0.5, 0.6) is 0 Å². The van der Waals surface area contributed by atoms with E-state index in [4.69, 9.17) is 27.6 Å². The molecule has 1 aromatic heterocycles. The van der Waals surface area contributed by atoms with Crippen LogP contribution in [-0.4, -0.2) is 0 Å². The lowest BCUT2D eigenvalue weighted by molar-refractivity contribution is 0.515. The fourth-order valence-electron chi connectivity index (χ4n) is 1.42. The summed E-state index contributed by atoms with van der Waals surface area (Å²) in [7, 11) is 0. The van der Waals surface area contributed by atoms with Crippen molar-refractivity contribution in [2.45, 2.75) is 13.5 Å². The molecule has 1 aromatic carbocycles. The predicted molar refractivity (Wildman–Crippen MR) is 74.9 cm³/mol. The van der Waals surface area contributed by atoms with Gasteiger partial charge in [-0.05, 0) is 46.6 Å². The van der Waals surface area contributed by atoms with Crippen molar-refractivity contribution in [3.8, 4) is 0 Å². The second-order valence-electron chi connectivity index (χ2n) is 3.60. The summed E-state index contributed by atoms with van der Waals surface area (Å²) in [6, 6.07) is 5.65. The molecule has 0 saturated heterocycles. The Balaban J connectivity index is 2.15. The van der Waals surface area contributed by atoms with Crippen molar-refractivity contribution in [2.24, 2.45) is 0 Å². The molecule has 0 atom stereocenters. The molecule has 0 saturated carbocycles. The average molecular weight is 335 g/mol. The maximum Gasteiger partial charge on any atom is 0.125 e. The second kappa shape index (κ2) is 5.34. The lowest BCUT2D eigenvalue weighted by Gasteiger charge is -2.09. The molecule has 0 bridgehead atoms. The number of anilines is 1. The Morgan fingerprint density at radius 2 is 2.00 bits per heavy atom. The number of hydrogen-bond donors (Lipinski definition) is 1. The van der Waals surface area contributed by atoms with E-state index in [2.05, 4.69) is 21.2 Å². The molecule has 2 rings (SSSR count). The first-order valence-corrected chi connectivity index (χ1v) is 6.55. The van der Waals surface area contributed by atoms with Crippen LogP contribution in [0.15, 0.2) is 33.4 Å². The molecule has 0 aliphatic heterocycles. The van der Waals surface area contributed by atoms with Gasteiger partial charge >= 0.3 is 0 Å². The molecule has 0 aliphatic rings. The van der Waals surface area contributed by atoms with Crippen LogP contribution in [0.2, 0.25) is 10.0 Å². The molecule has 1 heterocycles. The standard InChI is InChI=1S/C12H10BrCl2NO/c1-7-4-5-17-10(7)6-16-9-3-2-8(13)11(14)12(9)15/h2-5,16H,6H2,1H3. The average Bonchev–Trinajstić information content (AvgIpc) is 2.71. The summed E-state index contributed by atoms with van der Waals surface area (Å²) in [6.07, 6.45) is 1.67. The minimum atomic E-state index is 0.505.